The van der Waals surface area contributed by atoms with E-state index in [1.165, 1.54) is 40.8 Å². The molecular formula is C32H33F3N6O2S. The highest BCUT2D eigenvalue weighted by Crippen LogP contribution is 2.32. The number of carbonyl (C=O) groups is 1. The van der Waals surface area contributed by atoms with Crippen LogP contribution in [0.1, 0.15) is 37.8 Å². The van der Waals surface area contributed by atoms with E-state index in [1.54, 1.807) is 11.8 Å². The van der Waals surface area contributed by atoms with Crippen molar-refractivity contribution in [3.63, 3.8) is 0 Å². The lowest BCUT2D eigenvalue weighted by Crippen LogP contribution is -2.42. The van der Waals surface area contributed by atoms with Gasteiger partial charge in [0, 0.05) is 29.6 Å². The lowest BCUT2D eigenvalue weighted by molar-refractivity contribution is -0.274. The summed E-state index contributed by atoms with van der Waals surface area (Å²) in [4.78, 5) is 23.7. The van der Waals surface area contributed by atoms with Crippen molar-refractivity contribution in [3.8, 4) is 22.8 Å². The number of ether oxygens (including phenoxy) is 1. The Balaban J connectivity index is 1.12. The Morgan fingerprint density at radius 2 is 1.84 bits per heavy atom. The molecule has 8 nitrogen and oxygen atoms in total. The maximum atomic E-state index is 12.7. The summed E-state index contributed by atoms with van der Waals surface area (Å²) in [5, 5.41) is 8.11. The van der Waals surface area contributed by atoms with Crippen molar-refractivity contribution in [2.24, 2.45) is 4.99 Å². The van der Waals surface area contributed by atoms with E-state index in [2.05, 4.69) is 56.0 Å². The fourth-order valence-electron chi connectivity index (χ4n) is 4.93. The van der Waals surface area contributed by atoms with Gasteiger partial charge in [0.15, 0.2) is 11.0 Å². The molecule has 4 aromatic rings. The van der Waals surface area contributed by atoms with Crippen molar-refractivity contribution in [2.75, 3.05) is 17.2 Å². The second kappa shape index (κ2) is 14.0. The number of para-hydroxylation sites is 1. The van der Waals surface area contributed by atoms with Crippen LogP contribution < -0.4 is 15.0 Å². The molecular weight excluding hydrogens is 589 g/mol. The van der Waals surface area contributed by atoms with E-state index in [4.69, 9.17) is 0 Å². The number of hydrogen-bond donors (Lipinski definition) is 1. The minimum Gasteiger partial charge on any atom is -0.406 e. The van der Waals surface area contributed by atoms with E-state index in [1.807, 2.05) is 36.4 Å². The Bertz CT molecular complexity index is 1590. The maximum absolute atomic E-state index is 12.7. The number of halogens is 3. The van der Waals surface area contributed by atoms with Gasteiger partial charge in [-0.3, -0.25) is 0 Å². The molecule has 3 aromatic carbocycles. The van der Waals surface area contributed by atoms with Crippen LogP contribution in [0.4, 0.5) is 23.7 Å². The van der Waals surface area contributed by atoms with Gasteiger partial charge in [-0.15, -0.1) is 18.3 Å². The first-order valence-electron chi connectivity index (χ1n) is 14.4. The Labute approximate surface area is 258 Å². The number of urea groups is 1. The Morgan fingerprint density at radius 1 is 1.09 bits per heavy atom. The standard InChI is InChI=1S/C32H33F3N6O2S/c1-3-24-8-4-5-9-28(24)41-22(2)18-20-44-31(41)38-30(42)36-19-6-7-23-10-12-25(13-11-23)29-37-21-40(39-29)26-14-16-27(17-15-26)43-32(33,34)35/h4-5,8-17,21-22H,3,6-7,18-20H2,1-2H3,(H,36,42). The Morgan fingerprint density at radius 3 is 2.57 bits per heavy atom. The van der Waals surface area contributed by atoms with E-state index in [0.29, 0.717) is 18.1 Å². The maximum Gasteiger partial charge on any atom is 0.573 e. The number of aliphatic imine (C=N–C) groups is 1. The van der Waals surface area contributed by atoms with Crippen LogP contribution in [-0.4, -0.2) is 50.7 Å². The van der Waals surface area contributed by atoms with Crippen molar-refractivity contribution in [3.05, 3.63) is 90.3 Å². The number of alkyl halides is 3. The third kappa shape index (κ3) is 7.98. The number of rotatable bonds is 9. The van der Waals surface area contributed by atoms with Gasteiger partial charge < -0.3 is 15.0 Å². The lowest BCUT2D eigenvalue weighted by atomic mass is 10.1. The Kier molecular flexibility index (Phi) is 9.89. The lowest BCUT2D eigenvalue weighted by Gasteiger charge is -2.36. The van der Waals surface area contributed by atoms with Crippen LogP contribution in [0.25, 0.3) is 17.1 Å². The second-order valence-corrected chi connectivity index (χ2v) is 11.4. The zero-order chi connectivity index (χ0) is 31.1. The number of amides is 2. The first-order chi connectivity index (χ1) is 21.2. The number of benzene rings is 3. The summed E-state index contributed by atoms with van der Waals surface area (Å²) in [7, 11) is 0. The highest BCUT2D eigenvalue weighted by Gasteiger charge is 2.31. The predicted octanol–water partition coefficient (Wildman–Crippen LogP) is 7.43. The topological polar surface area (TPSA) is 84.6 Å². The van der Waals surface area contributed by atoms with Crippen LogP contribution >= 0.6 is 11.8 Å². The molecule has 0 saturated carbocycles. The van der Waals surface area contributed by atoms with Crippen LogP contribution in [0.5, 0.6) is 5.75 Å². The van der Waals surface area contributed by atoms with Gasteiger partial charge in [-0.25, -0.2) is 14.5 Å². The number of hydrogen-bond acceptors (Lipinski definition) is 5. The summed E-state index contributed by atoms with van der Waals surface area (Å²) in [5.41, 5.74) is 4.81. The fraction of sp³-hybridized carbons (Fsp3) is 0.312. The van der Waals surface area contributed by atoms with Gasteiger partial charge in [0.05, 0.1) is 5.69 Å². The third-order valence-electron chi connectivity index (χ3n) is 7.20. The van der Waals surface area contributed by atoms with Gasteiger partial charge in [0.2, 0.25) is 0 Å². The minimum absolute atomic E-state index is 0.260. The van der Waals surface area contributed by atoms with E-state index in [9.17, 15) is 18.0 Å². The zero-order valence-corrected chi connectivity index (χ0v) is 25.2. The molecule has 1 aromatic heterocycles. The minimum atomic E-state index is -4.74. The van der Waals surface area contributed by atoms with Crippen LogP contribution in [-0.2, 0) is 12.8 Å². The Hall–Kier alpha value is -4.32. The van der Waals surface area contributed by atoms with Gasteiger partial charge in [0.25, 0.3) is 0 Å². The average Bonchev–Trinajstić information content (AvgIpc) is 3.50. The first-order valence-corrected chi connectivity index (χ1v) is 15.4. The largest absolute Gasteiger partial charge is 0.573 e. The normalized spacial score (nSPS) is 16.2. The van der Waals surface area contributed by atoms with Crippen LogP contribution in [0.2, 0.25) is 0 Å². The molecule has 2 amide bonds. The van der Waals surface area contributed by atoms with Crippen molar-refractivity contribution in [1.82, 2.24) is 20.1 Å². The molecule has 2 heterocycles. The summed E-state index contributed by atoms with van der Waals surface area (Å²) in [6.07, 6.45) is 0.219. The molecule has 1 aliphatic heterocycles. The number of aromatic nitrogens is 3. The molecule has 230 valence electrons. The average molecular weight is 623 g/mol. The van der Waals surface area contributed by atoms with E-state index < -0.39 is 6.36 Å². The highest BCUT2D eigenvalue weighted by atomic mass is 32.2. The number of anilines is 1. The summed E-state index contributed by atoms with van der Waals surface area (Å²) in [6, 6.07) is 21.4. The van der Waals surface area contributed by atoms with Gasteiger partial charge in [0.1, 0.15) is 12.1 Å². The van der Waals surface area contributed by atoms with Crippen LogP contribution in [0.15, 0.2) is 84.1 Å². The molecule has 1 saturated heterocycles. The van der Waals surface area contributed by atoms with E-state index in [0.717, 1.165) is 53.4 Å². The van der Waals surface area contributed by atoms with Gasteiger partial charge >= 0.3 is 12.4 Å². The van der Waals surface area contributed by atoms with Crippen molar-refractivity contribution in [2.45, 2.75) is 51.9 Å². The zero-order valence-electron chi connectivity index (χ0n) is 24.4. The van der Waals surface area contributed by atoms with Gasteiger partial charge in [-0.05, 0) is 74.1 Å². The molecule has 0 radical (unpaired) electrons. The van der Waals surface area contributed by atoms with E-state index in [-0.39, 0.29) is 17.8 Å². The molecule has 1 fully saturated rings. The van der Waals surface area contributed by atoms with Crippen molar-refractivity contribution < 1.29 is 22.7 Å². The summed E-state index contributed by atoms with van der Waals surface area (Å²) in [5.74, 6) is 1.12. The van der Waals surface area contributed by atoms with E-state index >= 15 is 0 Å². The SMILES string of the molecule is CCc1ccccc1N1C(=NC(=O)NCCCc2ccc(-c3ncn(-c4ccc(OC(F)(F)F)cc4)n3)cc2)SCCC1C. The molecule has 12 heteroatoms. The molecule has 1 atom stereocenters. The number of nitrogens with one attached hydrogen (secondary N) is 1. The molecule has 1 N–H and O–H groups in total. The molecule has 0 aliphatic carbocycles. The number of nitrogens with zero attached hydrogens (tertiary/aromatic N) is 5. The smallest absolute Gasteiger partial charge is 0.406 e. The van der Waals surface area contributed by atoms with Crippen molar-refractivity contribution in [1.29, 1.82) is 0 Å². The number of thioether (sulfide) groups is 1. The molecule has 0 bridgehead atoms. The molecule has 0 spiro atoms. The number of carbonyl (C=O) groups excluding carboxylic acids is 1. The summed E-state index contributed by atoms with van der Waals surface area (Å²) >= 11 is 1.62. The predicted molar refractivity (Wildman–Crippen MR) is 167 cm³/mol. The van der Waals surface area contributed by atoms with Gasteiger partial charge in [-0.2, -0.15) is 4.99 Å². The fourth-order valence-corrected chi connectivity index (χ4v) is 6.14. The molecule has 1 aliphatic rings. The summed E-state index contributed by atoms with van der Waals surface area (Å²) < 4.78 is 42.6. The second-order valence-electron chi connectivity index (χ2n) is 10.3. The number of aryl methyl sites for hydroxylation is 2. The van der Waals surface area contributed by atoms with Gasteiger partial charge in [-0.1, -0.05) is 61.2 Å². The van der Waals surface area contributed by atoms with Crippen LogP contribution in [0.3, 0.4) is 0 Å². The third-order valence-corrected chi connectivity index (χ3v) is 8.19. The quantitative estimate of drug-likeness (QED) is 0.196. The highest BCUT2D eigenvalue weighted by molar-refractivity contribution is 8.14. The van der Waals surface area contributed by atoms with Crippen molar-refractivity contribution >= 4 is 28.6 Å². The summed E-state index contributed by atoms with van der Waals surface area (Å²) in [6.45, 7) is 4.81. The molecule has 5 rings (SSSR count). The number of amidine groups is 1. The molecule has 1 unspecified atom stereocenters. The molecule has 44 heavy (non-hydrogen) atoms. The first kappa shape index (κ1) is 31.1. The monoisotopic (exact) mass is 622 g/mol. The van der Waals surface area contributed by atoms with Crippen LogP contribution in [0, 0.1) is 0 Å².